The number of carboxylic acid groups (broad SMARTS) is 1. The second-order valence-electron chi connectivity index (χ2n) is 5.92. The number of carbonyl (C=O) groups is 1. The Morgan fingerprint density at radius 2 is 2.16 bits per heavy atom. The minimum atomic E-state index is -0.759. The number of hydrogen-bond donors (Lipinski definition) is 1. The van der Waals surface area contributed by atoms with E-state index in [1.54, 1.807) is 6.20 Å². The highest BCUT2D eigenvalue weighted by Crippen LogP contribution is 2.50. The summed E-state index contributed by atoms with van der Waals surface area (Å²) < 4.78 is 0. The minimum Gasteiger partial charge on any atom is -0.481 e. The fourth-order valence-corrected chi connectivity index (χ4v) is 2.61. The Balaban J connectivity index is 1.93. The number of nitrogens with zero attached hydrogens (tertiary/aromatic N) is 2. The summed E-state index contributed by atoms with van der Waals surface area (Å²) in [5.41, 5.74) is 1.81. The molecule has 3 rings (SSSR count). The number of carboxylic acids is 1. The third-order valence-electron chi connectivity index (χ3n) is 4.52. The van der Waals surface area contributed by atoms with E-state index in [0.717, 1.165) is 29.7 Å². The molecule has 0 spiro atoms. The third kappa shape index (κ3) is 1.90. The highest BCUT2D eigenvalue weighted by atomic mass is 16.4. The second-order valence-corrected chi connectivity index (χ2v) is 5.92. The van der Waals surface area contributed by atoms with Gasteiger partial charge in [0, 0.05) is 11.9 Å². The summed E-state index contributed by atoms with van der Waals surface area (Å²) in [6.07, 6.45) is 5.65. The van der Waals surface area contributed by atoms with E-state index in [9.17, 15) is 15.2 Å². The molecular formula is C15H16N2O2. The van der Waals surface area contributed by atoms with Crippen LogP contribution in [0.15, 0.2) is 12.3 Å². The standard InChI is InChI=1S/C15H16N2O2/c1-10-11(7-14(9-16)2-3-14)6-12(8-17-10)15(4-5-15)13(18)19/h6,8H,2-5,7H2,1H3,(H,18,19). The average Bonchev–Trinajstić information content (AvgIpc) is 3.26. The van der Waals surface area contributed by atoms with Crippen molar-refractivity contribution in [1.82, 2.24) is 4.98 Å². The molecule has 0 aromatic carbocycles. The van der Waals surface area contributed by atoms with Gasteiger partial charge < -0.3 is 5.11 Å². The summed E-state index contributed by atoms with van der Waals surface area (Å²) in [5, 5.41) is 18.5. The Kier molecular flexibility index (Phi) is 2.43. The number of aryl methyl sites for hydroxylation is 1. The topological polar surface area (TPSA) is 74.0 Å². The molecule has 1 aromatic heterocycles. The smallest absolute Gasteiger partial charge is 0.314 e. The number of aliphatic carboxylic acids is 1. The van der Waals surface area contributed by atoms with Gasteiger partial charge >= 0.3 is 5.97 Å². The van der Waals surface area contributed by atoms with Crippen LogP contribution in [0.3, 0.4) is 0 Å². The van der Waals surface area contributed by atoms with Crippen LogP contribution in [0.25, 0.3) is 0 Å². The van der Waals surface area contributed by atoms with E-state index in [1.807, 2.05) is 13.0 Å². The molecule has 0 saturated heterocycles. The maximum Gasteiger partial charge on any atom is 0.314 e. The molecule has 2 aliphatic carbocycles. The van der Waals surface area contributed by atoms with Gasteiger partial charge in [-0.3, -0.25) is 9.78 Å². The molecule has 19 heavy (non-hydrogen) atoms. The first-order valence-corrected chi connectivity index (χ1v) is 6.62. The normalized spacial score (nSPS) is 21.5. The number of nitriles is 1. The van der Waals surface area contributed by atoms with Crippen LogP contribution in [0.1, 0.15) is 42.5 Å². The zero-order valence-electron chi connectivity index (χ0n) is 10.9. The van der Waals surface area contributed by atoms with E-state index >= 15 is 0 Å². The minimum absolute atomic E-state index is 0.217. The zero-order chi connectivity index (χ0) is 13.7. The molecule has 98 valence electrons. The van der Waals surface area contributed by atoms with Crippen LogP contribution in [0.4, 0.5) is 0 Å². The lowest BCUT2D eigenvalue weighted by Crippen LogP contribution is -2.20. The number of pyridine rings is 1. The molecule has 2 aliphatic rings. The number of hydrogen-bond acceptors (Lipinski definition) is 3. The van der Waals surface area contributed by atoms with Gasteiger partial charge in [0.2, 0.25) is 0 Å². The fourth-order valence-electron chi connectivity index (χ4n) is 2.61. The summed E-state index contributed by atoms with van der Waals surface area (Å²) in [7, 11) is 0. The van der Waals surface area contributed by atoms with Crippen LogP contribution >= 0.6 is 0 Å². The van der Waals surface area contributed by atoms with E-state index in [4.69, 9.17) is 0 Å². The average molecular weight is 256 g/mol. The molecule has 2 saturated carbocycles. The monoisotopic (exact) mass is 256 g/mol. The van der Waals surface area contributed by atoms with Crippen LogP contribution in [0, 0.1) is 23.7 Å². The van der Waals surface area contributed by atoms with Crippen molar-refractivity contribution in [1.29, 1.82) is 5.26 Å². The lowest BCUT2D eigenvalue weighted by atomic mass is 9.91. The quantitative estimate of drug-likeness (QED) is 0.897. The van der Waals surface area contributed by atoms with Crippen molar-refractivity contribution in [2.45, 2.75) is 44.4 Å². The first-order valence-electron chi connectivity index (χ1n) is 6.62. The Labute approximate surface area is 112 Å². The highest BCUT2D eigenvalue weighted by Gasteiger charge is 2.52. The predicted molar refractivity (Wildman–Crippen MR) is 68.5 cm³/mol. The summed E-state index contributed by atoms with van der Waals surface area (Å²) in [4.78, 5) is 15.7. The van der Waals surface area contributed by atoms with Gasteiger partial charge in [-0.1, -0.05) is 6.07 Å². The molecular weight excluding hydrogens is 240 g/mol. The largest absolute Gasteiger partial charge is 0.481 e. The molecule has 4 nitrogen and oxygen atoms in total. The van der Waals surface area contributed by atoms with E-state index in [2.05, 4.69) is 11.1 Å². The molecule has 4 heteroatoms. The van der Waals surface area contributed by atoms with Crippen molar-refractivity contribution in [3.05, 3.63) is 29.1 Å². The van der Waals surface area contributed by atoms with Crippen molar-refractivity contribution in [2.24, 2.45) is 5.41 Å². The molecule has 0 aliphatic heterocycles. The van der Waals surface area contributed by atoms with E-state index < -0.39 is 11.4 Å². The van der Waals surface area contributed by atoms with Gasteiger partial charge in [-0.05, 0) is 50.2 Å². The van der Waals surface area contributed by atoms with Gasteiger partial charge in [0.25, 0.3) is 0 Å². The molecule has 0 unspecified atom stereocenters. The van der Waals surface area contributed by atoms with E-state index in [-0.39, 0.29) is 5.41 Å². The predicted octanol–water partition coefficient (Wildman–Crippen LogP) is 2.35. The fraction of sp³-hybridized carbons (Fsp3) is 0.533. The maximum absolute atomic E-state index is 11.4. The molecule has 1 aromatic rings. The van der Waals surface area contributed by atoms with Crippen molar-refractivity contribution >= 4 is 5.97 Å². The van der Waals surface area contributed by atoms with Crippen LogP contribution in [0.5, 0.6) is 0 Å². The molecule has 0 atom stereocenters. The van der Waals surface area contributed by atoms with Crippen LogP contribution in [-0.4, -0.2) is 16.1 Å². The molecule has 1 heterocycles. The van der Waals surface area contributed by atoms with Crippen LogP contribution < -0.4 is 0 Å². The first-order chi connectivity index (χ1) is 9.01. The molecule has 2 fully saturated rings. The summed E-state index contributed by atoms with van der Waals surface area (Å²) in [5.74, 6) is -0.759. The summed E-state index contributed by atoms with van der Waals surface area (Å²) >= 11 is 0. The Hall–Kier alpha value is -1.89. The Bertz CT molecular complexity index is 593. The molecule has 0 radical (unpaired) electrons. The lowest BCUT2D eigenvalue weighted by molar-refractivity contribution is -0.140. The Morgan fingerprint density at radius 3 is 2.63 bits per heavy atom. The van der Waals surface area contributed by atoms with Gasteiger partial charge in [-0.2, -0.15) is 5.26 Å². The van der Waals surface area contributed by atoms with Crippen molar-refractivity contribution < 1.29 is 9.90 Å². The lowest BCUT2D eigenvalue weighted by Gasteiger charge is -2.14. The van der Waals surface area contributed by atoms with Crippen LogP contribution in [-0.2, 0) is 16.6 Å². The summed E-state index contributed by atoms with van der Waals surface area (Å²) in [6, 6.07) is 4.34. The zero-order valence-corrected chi connectivity index (χ0v) is 10.9. The Morgan fingerprint density at radius 1 is 1.47 bits per heavy atom. The molecule has 0 bridgehead atoms. The van der Waals surface area contributed by atoms with Gasteiger partial charge in [-0.25, -0.2) is 0 Å². The van der Waals surface area contributed by atoms with Crippen molar-refractivity contribution in [2.75, 3.05) is 0 Å². The van der Waals surface area contributed by atoms with Crippen molar-refractivity contribution in [3.8, 4) is 6.07 Å². The van der Waals surface area contributed by atoms with Gasteiger partial charge in [0.05, 0.1) is 16.9 Å². The number of rotatable bonds is 4. The van der Waals surface area contributed by atoms with Gasteiger partial charge in [-0.15, -0.1) is 0 Å². The van der Waals surface area contributed by atoms with Gasteiger partial charge in [0.1, 0.15) is 0 Å². The third-order valence-corrected chi connectivity index (χ3v) is 4.52. The number of aromatic nitrogens is 1. The summed E-state index contributed by atoms with van der Waals surface area (Å²) in [6.45, 7) is 1.92. The first kappa shape index (κ1) is 12.2. The molecule has 1 N–H and O–H groups in total. The SMILES string of the molecule is Cc1ncc(C2(C(=O)O)CC2)cc1CC1(C#N)CC1. The van der Waals surface area contributed by atoms with Gasteiger partial charge in [0.15, 0.2) is 0 Å². The molecule has 0 amide bonds. The van der Waals surface area contributed by atoms with Crippen molar-refractivity contribution in [3.63, 3.8) is 0 Å². The van der Waals surface area contributed by atoms with Crippen LogP contribution in [0.2, 0.25) is 0 Å². The second kappa shape index (κ2) is 3.80. The van der Waals surface area contributed by atoms with E-state index in [0.29, 0.717) is 19.3 Å². The van der Waals surface area contributed by atoms with E-state index in [1.165, 1.54) is 0 Å². The maximum atomic E-state index is 11.4. The highest BCUT2D eigenvalue weighted by molar-refractivity contribution is 5.84.